The number of pyridine rings is 1. The maximum atomic E-state index is 11.7. The summed E-state index contributed by atoms with van der Waals surface area (Å²) >= 11 is 0. The van der Waals surface area contributed by atoms with Crippen LogP contribution in [0.25, 0.3) is 0 Å². The maximum absolute atomic E-state index is 11.7. The van der Waals surface area contributed by atoms with Crippen LogP contribution in [0.1, 0.15) is 30.6 Å². The fourth-order valence-electron chi connectivity index (χ4n) is 1.84. The second-order valence-electron chi connectivity index (χ2n) is 4.82. The largest absolute Gasteiger partial charge is 0.352 e. The molecule has 0 unspecified atom stereocenters. The second kappa shape index (κ2) is 7.35. The molecule has 0 saturated heterocycles. The van der Waals surface area contributed by atoms with Crippen molar-refractivity contribution in [1.82, 2.24) is 14.6 Å². The molecule has 0 bridgehead atoms. The zero-order valence-electron chi connectivity index (χ0n) is 12.0. The molecule has 0 atom stereocenters. The van der Waals surface area contributed by atoms with Crippen molar-refractivity contribution >= 4 is 15.9 Å². The van der Waals surface area contributed by atoms with Crippen molar-refractivity contribution in [3.63, 3.8) is 0 Å². The van der Waals surface area contributed by atoms with Crippen LogP contribution in [0, 0.1) is 0 Å². The average molecular weight is 299 g/mol. The lowest BCUT2D eigenvalue weighted by molar-refractivity contribution is 0.0952. The Morgan fingerprint density at radius 1 is 1.45 bits per heavy atom. The number of aromatic nitrogens is 1. The molecule has 1 N–H and O–H groups in total. The van der Waals surface area contributed by atoms with E-state index in [-0.39, 0.29) is 11.9 Å². The lowest BCUT2D eigenvalue weighted by atomic mass is 10.2. The van der Waals surface area contributed by atoms with Gasteiger partial charge >= 0.3 is 0 Å². The summed E-state index contributed by atoms with van der Waals surface area (Å²) in [6.45, 7) is 4.47. The Labute approximate surface area is 120 Å². The molecular weight excluding hydrogens is 278 g/mol. The van der Waals surface area contributed by atoms with E-state index >= 15 is 0 Å². The Hall–Kier alpha value is -1.47. The van der Waals surface area contributed by atoms with Gasteiger partial charge in [0.25, 0.3) is 5.91 Å². The Morgan fingerprint density at radius 2 is 2.15 bits per heavy atom. The third-order valence-electron chi connectivity index (χ3n) is 2.77. The molecule has 20 heavy (non-hydrogen) atoms. The SMILES string of the molecule is CC(C)N(CCCNC(=O)c1cccnc1)S(C)(=O)=O. The van der Waals surface area contributed by atoms with E-state index in [4.69, 9.17) is 0 Å². The molecule has 1 rings (SSSR count). The summed E-state index contributed by atoms with van der Waals surface area (Å²) in [5.74, 6) is -0.200. The zero-order valence-corrected chi connectivity index (χ0v) is 12.9. The van der Waals surface area contributed by atoms with Gasteiger partial charge in [-0.25, -0.2) is 8.42 Å². The monoisotopic (exact) mass is 299 g/mol. The van der Waals surface area contributed by atoms with Gasteiger partial charge in [-0.1, -0.05) is 0 Å². The fourth-order valence-corrected chi connectivity index (χ4v) is 3.07. The van der Waals surface area contributed by atoms with Gasteiger partial charge in [-0.3, -0.25) is 9.78 Å². The number of carbonyl (C=O) groups excluding carboxylic acids is 1. The molecule has 1 heterocycles. The molecule has 0 saturated carbocycles. The lowest BCUT2D eigenvalue weighted by Crippen LogP contribution is -2.38. The van der Waals surface area contributed by atoms with Gasteiger partial charge in [0.2, 0.25) is 10.0 Å². The number of amides is 1. The molecule has 112 valence electrons. The molecule has 0 fully saturated rings. The van der Waals surface area contributed by atoms with Crippen molar-refractivity contribution < 1.29 is 13.2 Å². The molecule has 1 aromatic heterocycles. The van der Waals surface area contributed by atoms with Crippen LogP contribution >= 0.6 is 0 Å². The average Bonchev–Trinajstić information content (AvgIpc) is 2.37. The van der Waals surface area contributed by atoms with E-state index < -0.39 is 10.0 Å². The van der Waals surface area contributed by atoms with Crippen LogP contribution in [0.5, 0.6) is 0 Å². The van der Waals surface area contributed by atoms with Crippen LogP contribution in [0.15, 0.2) is 24.5 Å². The topological polar surface area (TPSA) is 79.4 Å². The van der Waals surface area contributed by atoms with Gasteiger partial charge < -0.3 is 5.32 Å². The molecule has 7 heteroatoms. The van der Waals surface area contributed by atoms with E-state index in [1.165, 1.54) is 16.8 Å². The summed E-state index contributed by atoms with van der Waals surface area (Å²) in [5, 5.41) is 2.74. The number of nitrogens with zero attached hydrogens (tertiary/aromatic N) is 2. The maximum Gasteiger partial charge on any atom is 0.252 e. The number of hydrogen-bond acceptors (Lipinski definition) is 4. The van der Waals surface area contributed by atoms with E-state index in [1.54, 1.807) is 18.3 Å². The number of carbonyl (C=O) groups is 1. The smallest absolute Gasteiger partial charge is 0.252 e. The van der Waals surface area contributed by atoms with Crippen LogP contribution in [0.2, 0.25) is 0 Å². The standard InChI is InChI=1S/C13H21N3O3S/c1-11(2)16(20(3,18)19)9-5-8-15-13(17)12-6-4-7-14-10-12/h4,6-7,10-11H,5,8-9H2,1-3H3,(H,15,17). The number of hydrogen-bond donors (Lipinski definition) is 1. The van der Waals surface area contributed by atoms with Gasteiger partial charge in [-0.15, -0.1) is 0 Å². The number of sulfonamides is 1. The molecule has 1 aromatic rings. The van der Waals surface area contributed by atoms with Crippen molar-refractivity contribution in [1.29, 1.82) is 0 Å². The van der Waals surface area contributed by atoms with Gasteiger partial charge in [-0.2, -0.15) is 4.31 Å². The van der Waals surface area contributed by atoms with Crippen LogP contribution < -0.4 is 5.32 Å². The fraction of sp³-hybridized carbons (Fsp3) is 0.538. The van der Waals surface area contributed by atoms with Crippen molar-refractivity contribution in [3.05, 3.63) is 30.1 Å². The van der Waals surface area contributed by atoms with Crippen LogP contribution in [0.4, 0.5) is 0 Å². The Kier molecular flexibility index (Phi) is 6.09. The van der Waals surface area contributed by atoms with Crippen LogP contribution in [-0.2, 0) is 10.0 Å². The van der Waals surface area contributed by atoms with Crippen LogP contribution in [-0.4, -0.2) is 49.0 Å². The number of rotatable bonds is 7. The van der Waals surface area contributed by atoms with E-state index in [2.05, 4.69) is 10.3 Å². The van der Waals surface area contributed by atoms with Gasteiger partial charge in [0.1, 0.15) is 0 Å². The van der Waals surface area contributed by atoms with E-state index in [1.807, 2.05) is 13.8 Å². The first-order valence-electron chi connectivity index (χ1n) is 6.47. The zero-order chi connectivity index (χ0) is 15.2. The van der Waals surface area contributed by atoms with Crippen molar-refractivity contribution in [2.24, 2.45) is 0 Å². The molecule has 1 amide bonds. The van der Waals surface area contributed by atoms with E-state index in [0.717, 1.165) is 0 Å². The molecular formula is C13H21N3O3S. The normalized spacial score (nSPS) is 11.8. The third kappa shape index (κ3) is 5.26. The highest BCUT2D eigenvalue weighted by Crippen LogP contribution is 2.05. The first-order chi connectivity index (χ1) is 9.32. The Morgan fingerprint density at radius 3 is 2.65 bits per heavy atom. The highest BCUT2D eigenvalue weighted by Gasteiger charge is 2.19. The predicted octanol–water partition coefficient (Wildman–Crippen LogP) is 0.872. The lowest BCUT2D eigenvalue weighted by Gasteiger charge is -2.23. The summed E-state index contributed by atoms with van der Waals surface area (Å²) in [7, 11) is -3.21. The highest BCUT2D eigenvalue weighted by atomic mass is 32.2. The van der Waals surface area contributed by atoms with Crippen LogP contribution in [0.3, 0.4) is 0 Å². The molecule has 0 aromatic carbocycles. The molecule has 0 aliphatic heterocycles. The Balaban J connectivity index is 2.40. The highest BCUT2D eigenvalue weighted by molar-refractivity contribution is 7.88. The minimum atomic E-state index is -3.21. The van der Waals surface area contributed by atoms with Crippen molar-refractivity contribution in [3.8, 4) is 0 Å². The van der Waals surface area contributed by atoms with Gasteiger partial charge in [0.15, 0.2) is 0 Å². The summed E-state index contributed by atoms with van der Waals surface area (Å²) in [6, 6.07) is 3.29. The molecule has 0 radical (unpaired) electrons. The molecule has 0 spiro atoms. The first kappa shape index (κ1) is 16.6. The summed E-state index contributed by atoms with van der Waals surface area (Å²) in [6.07, 6.45) is 4.86. The first-order valence-corrected chi connectivity index (χ1v) is 8.32. The van der Waals surface area contributed by atoms with E-state index in [0.29, 0.717) is 25.1 Å². The van der Waals surface area contributed by atoms with Crippen molar-refractivity contribution in [2.75, 3.05) is 19.3 Å². The predicted molar refractivity (Wildman–Crippen MR) is 77.9 cm³/mol. The summed E-state index contributed by atoms with van der Waals surface area (Å²) in [5.41, 5.74) is 0.497. The minimum absolute atomic E-state index is 0.0842. The summed E-state index contributed by atoms with van der Waals surface area (Å²) < 4.78 is 24.5. The van der Waals surface area contributed by atoms with Gasteiger partial charge in [0.05, 0.1) is 11.8 Å². The Bertz CT molecular complexity index is 529. The molecule has 0 aliphatic carbocycles. The third-order valence-corrected chi connectivity index (χ3v) is 4.22. The van der Waals surface area contributed by atoms with E-state index in [9.17, 15) is 13.2 Å². The van der Waals surface area contributed by atoms with Gasteiger partial charge in [-0.05, 0) is 32.4 Å². The van der Waals surface area contributed by atoms with Gasteiger partial charge in [0, 0.05) is 31.5 Å². The molecule has 6 nitrogen and oxygen atoms in total. The minimum Gasteiger partial charge on any atom is -0.352 e. The quantitative estimate of drug-likeness (QED) is 0.758. The molecule has 0 aliphatic rings. The summed E-state index contributed by atoms with van der Waals surface area (Å²) in [4.78, 5) is 15.6. The van der Waals surface area contributed by atoms with Crippen molar-refractivity contribution in [2.45, 2.75) is 26.3 Å². The number of nitrogens with one attached hydrogen (secondary N) is 1. The second-order valence-corrected chi connectivity index (χ2v) is 6.75.